The van der Waals surface area contributed by atoms with Gasteiger partial charge >= 0.3 is 0 Å². The smallest absolute Gasteiger partial charge is 0.237 e. The SMILES string of the molecule is COc1ccc([S@@](=O)CC(=O)Nc2ccccc2Cl)cc1. The Morgan fingerprint density at radius 1 is 1.19 bits per heavy atom. The highest BCUT2D eigenvalue weighted by atomic mass is 35.5. The molecule has 0 aliphatic heterocycles. The maximum atomic E-state index is 12.1. The summed E-state index contributed by atoms with van der Waals surface area (Å²) < 4.78 is 17.1. The van der Waals surface area contributed by atoms with Gasteiger partial charge in [-0.15, -0.1) is 0 Å². The maximum Gasteiger partial charge on any atom is 0.237 e. The molecule has 6 heteroatoms. The number of hydrogen-bond acceptors (Lipinski definition) is 3. The Labute approximate surface area is 130 Å². The monoisotopic (exact) mass is 323 g/mol. The molecule has 0 saturated heterocycles. The average Bonchev–Trinajstić information content (AvgIpc) is 2.49. The van der Waals surface area contributed by atoms with Gasteiger partial charge in [0.1, 0.15) is 11.5 Å². The normalized spacial score (nSPS) is 11.7. The molecular weight excluding hydrogens is 310 g/mol. The first-order valence-corrected chi connectivity index (χ1v) is 7.86. The van der Waals surface area contributed by atoms with Crippen molar-refractivity contribution in [3.05, 3.63) is 53.6 Å². The Hall–Kier alpha value is -1.85. The molecule has 0 heterocycles. The molecule has 21 heavy (non-hydrogen) atoms. The molecule has 0 aliphatic carbocycles. The second kappa shape index (κ2) is 7.24. The van der Waals surface area contributed by atoms with E-state index in [0.29, 0.717) is 21.4 Å². The minimum absolute atomic E-state index is 0.127. The van der Waals surface area contributed by atoms with Crippen molar-refractivity contribution in [2.75, 3.05) is 18.2 Å². The van der Waals surface area contributed by atoms with Gasteiger partial charge in [-0.2, -0.15) is 0 Å². The largest absolute Gasteiger partial charge is 0.497 e. The van der Waals surface area contributed by atoms with Crippen molar-refractivity contribution in [2.24, 2.45) is 0 Å². The van der Waals surface area contributed by atoms with Crippen molar-refractivity contribution in [1.82, 2.24) is 0 Å². The topological polar surface area (TPSA) is 55.4 Å². The number of rotatable bonds is 5. The van der Waals surface area contributed by atoms with Crippen LogP contribution in [0.3, 0.4) is 0 Å². The van der Waals surface area contributed by atoms with Crippen LogP contribution in [0.25, 0.3) is 0 Å². The number of methoxy groups -OCH3 is 1. The van der Waals surface area contributed by atoms with E-state index >= 15 is 0 Å². The second-order valence-corrected chi connectivity index (χ2v) is 6.05. The number of carbonyl (C=O) groups is 1. The lowest BCUT2D eigenvalue weighted by Gasteiger charge is -2.07. The number of para-hydroxylation sites is 1. The minimum Gasteiger partial charge on any atom is -0.497 e. The van der Waals surface area contributed by atoms with Gasteiger partial charge < -0.3 is 10.1 Å². The molecule has 0 aliphatic rings. The molecule has 0 unspecified atom stereocenters. The highest BCUT2D eigenvalue weighted by Gasteiger charge is 2.11. The van der Waals surface area contributed by atoms with Crippen molar-refractivity contribution in [3.63, 3.8) is 0 Å². The molecule has 110 valence electrons. The van der Waals surface area contributed by atoms with Crippen LogP contribution < -0.4 is 10.1 Å². The molecule has 2 aromatic carbocycles. The van der Waals surface area contributed by atoms with E-state index in [9.17, 15) is 9.00 Å². The molecule has 1 N–H and O–H groups in total. The number of nitrogens with one attached hydrogen (secondary N) is 1. The highest BCUT2D eigenvalue weighted by molar-refractivity contribution is 7.85. The maximum absolute atomic E-state index is 12.1. The standard InChI is InChI=1S/C15H14ClNO3S/c1-20-11-6-8-12(9-7-11)21(19)10-15(18)17-14-5-3-2-4-13(14)16/h2-9H,10H2,1H3,(H,17,18)/t21-/m0/s1. The molecule has 0 bridgehead atoms. The summed E-state index contributed by atoms with van der Waals surface area (Å²) in [5, 5.41) is 3.09. The quantitative estimate of drug-likeness (QED) is 0.920. The van der Waals surface area contributed by atoms with Gasteiger partial charge in [0.2, 0.25) is 5.91 Å². The molecule has 2 rings (SSSR count). The van der Waals surface area contributed by atoms with E-state index in [-0.39, 0.29) is 11.7 Å². The van der Waals surface area contributed by atoms with E-state index in [1.165, 1.54) is 0 Å². The van der Waals surface area contributed by atoms with Crippen molar-refractivity contribution >= 4 is 34.0 Å². The predicted molar refractivity (Wildman–Crippen MR) is 84.4 cm³/mol. The van der Waals surface area contributed by atoms with Gasteiger partial charge in [-0.3, -0.25) is 9.00 Å². The first-order valence-electron chi connectivity index (χ1n) is 6.17. The van der Waals surface area contributed by atoms with E-state index < -0.39 is 10.8 Å². The summed E-state index contributed by atoms with van der Waals surface area (Å²) in [5.74, 6) is 0.200. The van der Waals surface area contributed by atoms with Gasteiger partial charge in [-0.25, -0.2) is 0 Å². The Kier molecular flexibility index (Phi) is 5.36. The summed E-state index contributed by atoms with van der Waals surface area (Å²) in [4.78, 5) is 12.5. The Balaban J connectivity index is 1.98. The van der Waals surface area contributed by atoms with E-state index in [0.717, 1.165) is 0 Å². The Morgan fingerprint density at radius 3 is 2.48 bits per heavy atom. The summed E-state index contributed by atoms with van der Waals surface area (Å²) in [6.45, 7) is 0. The number of halogens is 1. The first-order chi connectivity index (χ1) is 10.1. The van der Waals surface area contributed by atoms with Crippen LogP contribution in [-0.2, 0) is 15.6 Å². The zero-order valence-corrected chi connectivity index (χ0v) is 12.9. The van der Waals surface area contributed by atoms with E-state index in [4.69, 9.17) is 16.3 Å². The fourth-order valence-corrected chi connectivity index (χ4v) is 2.78. The summed E-state index contributed by atoms with van der Waals surface area (Å²) in [6.07, 6.45) is 0. The Bertz CT molecular complexity index is 658. The van der Waals surface area contributed by atoms with E-state index in [2.05, 4.69) is 5.32 Å². The third-order valence-corrected chi connectivity index (χ3v) is 4.38. The lowest BCUT2D eigenvalue weighted by Crippen LogP contribution is -2.19. The third kappa shape index (κ3) is 4.31. The van der Waals surface area contributed by atoms with Crippen LogP contribution in [0.5, 0.6) is 5.75 Å². The lowest BCUT2D eigenvalue weighted by molar-refractivity contribution is -0.113. The first kappa shape index (κ1) is 15.5. The molecule has 1 atom stereocenters. The van der Waals surface area contributed by atoms with Gasteiger partial charge in [0.15, 0.2) is 0 Å². The molecule has 1 amide bonds. The van der Waals surface area contributed by atoms with Crippen LogP contribution in [0.1, 0.15) is 0 Å². The van der Waals surface area contributed by atoms with Gasteiger partial charge in [0.05, 0.1) is 28.6 Å². The van der Waals surface area contributed by atoms with Crippen LogP contribution in [0, 0.1) is 0 Å². The fraction of sp³-hybridized carbons (Fsp3) is 0.133. The van der Waals surface area contributed by atoms with E-state index in [1.807, 2.05) is 0 Å². The van der Waals surface area contributed by atoms with Crippen molar-refractivity contribution in [3.8, 4) is 5.75 Å². The summed E-state index contributed by atoms with van der Waals surface area (Å²) in [6, 6.07) is 13.7. The summed E-state index contributed by atoms with van der Waals surface area (Å²) in [7, 11) is 0.144. The fourth-order valence-electron chi connectivity index (χ4n) is 1.68. The van der Waals surface area contributed by atoms with Crippen LogP contribution in [0.2, 0.25) is 5.02 Å². The van der Waals surface area contributed by atoms with Crippen molar-refractivity contribution < 1.29 is 13.7 Å². The molecule has 0 radical (unpaired) electrons. The summed E-state index contributed by atoms with van der Waals surface area (Å²) >= 11 is 5.95. The number of hydrogen-bond donors (Lipinski definition) is 1. The predicted octanol–water partition coefficient (Wildman–Crippen LogP) is 3.09. The zero-order valence-electron chi connectivity index (χ0n) is 11.3. The molecule has 0 spiro atoms. The van der Waals surface area contributed by atoms with Crippen molar-refractivity contribution in [2.45, 2.75) is 4.90 Å². The molecule has 0 saturated carbocycles. The van der Waals surface area contributed by atoms with Crippen LogP contribution in [-0.4, -0.2) is 23.0 Å². The molecule has 0 aromatic heterocycles. The van der Waals surface area contributed by atoms with Crippen LogP contribution in [0.15, 0.2) is 53.4 Å². The minimum atomic E-state index is -1.41. The Morgan fingerprint density at radius 2 is 1.86 bits per heavy atom. The van der Waals surface area contributed by atoms with E-state index in [1.54, 1.807) is 55.6 Å². The third-order valence-electron chi connectivity index (χ3n) is 2.73. The lowest BCUT2D eigenvalue weighted by atomic mass is 10.3. The second-order valence-electron chi connectivity index (χ2n) is 4.19. The van der Waals surface area contributed by atoms with Gasteiger partial charge in [-0.05, 0) is 36.4 Å². The van der Waals surface area contributed by atoms with Gasteiger partial charge in [0.25, 0.3) is 0 Å². The number of carbonyl (C=O) groups excluding carboxylic acids is 1. The zero-order chi connectivity index (χ0) is 15.2. The van der Waals surface area contributed by atoms with Gasteiger partial charge in [-0.1, -0.05) is 23.7 Å². The number of ether oxygens (including phenoxy) is 1. The van der Waals surface area contributed by atoms with Crippen molar-refractivity contribution in [1.29, 1.82) is 0 Å². The molecule has 2 aromatic rings. The number of anilines is 1. The molecular formula is C15H14ClNO3S. The molecule has 4 nitrogen and oxygen atoms in total. The number of amides is 1. The summed E-state index contributed by atoms with van der Waals surface area (Å²) in [5.41, 5.74) is 0.510. The average molecular weight is 324 g/mol. The number of benzene rings is 2. The van der Waals surface area contributed by atoms with Gasteiger partial charge in [0, 0.05) is 4.90 Å². The molecule has 0 fully saturated rings. The van der Waals surface area contributed by atoms with Crippen LogP contribution in [0.4, 0.5) is 5.69 Å². The van der Waals surface area contributed by atoms with Crippen LogP contribution >= 0.6 is 11.6 Å². The highest BCUT2D eigenvalue weighted by Crippen LogP contribution is 2.20.